The summed E-state index contributed by atoms with van der Waals surface area (Å²) in [6, 6.07) is 8.49. The third-order valence-electron chi connectivity index (χ3n) is 3.63. The van der Waals surface area contributed by atoms with E-state index in [2.05, 4.69) is 53.2 Å². The average molecular weight is 270 g/mol. The van der Waals surface area contributed by atoms with Crippen LogP contribution in [0, 0.1) is 20.8 Å². The standard InChI is InChI=1S/C16H22N4/c1-11-6-5-7-14(8-11)10-20(4)16-15(9-17)12(2)13(3)18-19-16/h5-8H,9-10,17H2,1-4H3. The second-order valence-electron chi connectivity index (χ2n) is 5.26. The van der Waals surface area contributed by atoms with E-state index in [1.54, 1.807) is 0 Å². The zero-order chi connectivity index (χ0) is 14.7. The number of nitrogens with two attached hydrogens (primary N) is 1. The van der Waals surface area contributed by atoms with Gasteiger partial charge in [-0.3, -0.25) is 0 Å². The molecule has 4 heteroatoms. The van der Waals surface area contributed by atoms with Gasteiger partial charge in [0.15, 0.2) is 5.82 Å². The lowest BCUT2D eigenvalue weighted by Gasteiger charge is -2.22. The van der Waals surface area contributed by atoms with Gasteiger partial charge in [-0.25, -0.2) is 0 Å². The predicted molar refractivity (Wildman–Crippen MR) is 82.7 cm³/mol. The van der Waals surface area contributed by atoms with Crippen LogP contribution >= 0.6 is 0 Å². The highest BCUT2D eigenvalue weighted by molar-refractivity contribution is 5.50. The lowest BCUT2D eigenvalue weighted by Crippen LogP contribution is -2.22. The van der Waals surface area contributed by atoms with Crippen LogP contribution < -0.4 is 10.6 Å². The fraction of sp³-hybridized carbons (Fsp3) is 0.375. The number of rotatable bonds is 4. The molecule has 0 radical (unpaired) electrons. The Hall–Kier alpha value is -1.94. The first-order valence-electron chi connectivity index (χ1n) is 6.82. The molecule has 1 aromatic carbocycles. The summed E-state index contributed by atoms with van der Waals surface area (Å²) < 4.78 is 0. The monoisotopic (exact) mass is 270 g/mol. The number of benzene rings is 1. The molecule has 0 unspecified atom stereocenters. The smallest absolute Gasteiger partial charge is 0.156 e. The van der Waals surface area contributed by atoms with Gasteiger partial charge in [0.05, 0.1) is 5.69 Å². The summed E-state index contributed by atoms with van der Waals surface area (Å²) in [6.45, 7) is 7.40. The molecule has 0 bridgehead atoms. The molecule has 4 nitrogen and oxygen atoms in total. The van der Waals surface area contributed by atoms with Crippen LogP contribution in [0.2, 0.25) is 0 Å². The van der Waals surface area contributed by atoms with E-state index in [0.29, 0.717) is 6.54 Å². The zero-order valence-corrected chi connectivity index (χ0v) is 12.6. The molecule has 0 atom stereocenters. The maximum Gasteiger partial charge on any atom is 0.156 e. The number of hydrogen-bond donors (Lipinski definition) is 1. The van der Waals surface area contributed by atoms with E-state index in [1.807, 2.05) is 14.0 Å². The number of nitrogens with zero attached hydrogens (tertiary/aromatic N) is 3. The minimum absolute atomic E-state index is 0.482. The summed E-state index contributed by atoms with van der Waals surface area (Å²) in [6.07, 6.45) is 0. The van der Waals surface area contributed by atoms with Gasteiger partial charge in [0.25, 0.3) is 0 Å². The summed E-state index contributed by atoms with van der Waals surface area (Å²) in [4.78, 5) is 2.11. The highest BCUT2D eigenvalue weighted by Gasteiger charge is 2.13. The van der Waals surface area contributed by atoms with Crippen LogP contribution in [-0.4, -0.2) is 17.2 Å². The van der Waals surface area contributed by atoms with Crippen molar-refractivity contribution in [3.05, 3.63) is 52.2 Å². The van der Waals surface area contributed by atoms with E-state index in [1.165, 1.54) is 11.1 Å². The molecule has 0 aliphatic heterocycles. The number of aryl methyl sites for hydroxylation is 2. The van der Waals surface area contributed by atoms with Gasteiger partial charge in [0.2, 0.25) is 0 Å². The maximum atomic E-state index is 5.88. The molecule has 2 N–H and O–H groups in total. The average Bonchev–Trinajstić information content (AvgIpc) is 2.41. The van der Waals surface area contributed by atoms with Crippen molar-refractivity contribution >= 4 is 5.82 Å². The minimum Gasteiger partial charge on any atom is -0.354 e. The summed E-state index contributed by atoms with van der Waals surface area (Å²) >= 11 is 0. The molecule has 0 fully saturated rings. The van der Waals surface area contributed by atoms with Gasteiger partial charge in [-0.1, -0.05) is 29.8 Å². The molecule has 0 aliphatic rings. The van der Waals surface area contributed by atoms with Crippen LogP contribution in [0.1, 0.15) is 27.9 Å². The Kier molecular flexibility index (Phi) is 4.35. The van der Waals surface area contributed by atoms with Gasteiger partial charge < -0.3 is 10.6 Å². The Morgan fingerprint density at radius 2 is 1.90 bits per heavy atom. The molecule has 2 aromatic rings. The summed E-state index contributed by atoms with van der Waals surface area (Å²) in [5, 5.41) is 8.54. The van der Waals surface area contributed by atoms with Gasteiger partial charge in [0.1, 0.15) is 0 Å². The Morgan fingerprint density at radius 1 is 1.15 bits per heavy atom. The number of hydrogen-bond acceptors (Lipinski definition) is 4. The molecule has 0 amide bonds. The molecular formula is C16H22N4. The van der Waals surface area contributed by atoms with Crippen molar-refractivity contribution in [1.29, 1.82) is 0 Å². The third-order valence-corrected chi connectivity index (χ3v) is 3.63. The van der Waals surface area contributed by atoms with Gasteiger partial charge in [-0.15, -0.1) is 5.10 Å². The van der Waals surface area contributed by atoms with Crippen molar-refractivity contribution in [2.45, 2.75) is 33.9 Å². The molecule has 0 saturated carbocycles. The Balaban J connectivity index is 2.29. The van der Waals surface area contributed by atoms with Crippen molar-refractivity contribution in [2.75, 3.05) is 11.9 Å². The minimum atomic E-state index is 0.482. The molecule has 0 saturated heterocycles. The molecule has 106 valence electrons. The second kappa shape index (κ2) is 6.01. The van der Waals surface area contributed by atoms with Crippen LogP contribution in [0.4, 0.5) is 5.82 Å². The van der Waals surface area contributed by atoms with E-state index < -0.39 is 0 Å². The lowest BCUT2D eigenvalue weighted by molar-refractivity contribution is 0.823. The van der Waals surface area contributed by atoms with Crippen LogP contribution in [-0.2, 0) is 13.1 Å². The van der Waals surface area contributed by atoms with Gasteiger partial charge in [-0.2, -0.15) is 5.10 Å². The molecular weight excluding hydrogens is 248 g/mol. The number of anilines is 1. The fourth-order valence-corrected chi connectivity index (χ4v) is 2.35. The normalized spacial score (nSPS) is 10.7. The van der Waals surface area contributed by atoms with Gasteiger partial charge >= 0.3 is 0 Å². The molecule has 2 rings (SSSR count). The fourth-order valence-electron chi connectivity index (χ4n) is 2.35. The van der Waals surface area contributed by atoms with Crippen molar-refractivity contribution in [1.82, 2.24) is 10.2 Å². The van der Waals surface area contributed by atoms with E-state index >= 15 is 0 Å². The highest BCUT2D eigenvalue weighted by Crippen LogP contribution is 2.22. The largest absolute Gasteiger partial charge is 0.354 e. The molecule has 1 heterocycles. The maximum absolute atomic E-state index is 5.88. The van der Waals surface area contributed by atoms with Crippen LogP contribution in [0.25, 0.3) is 0 Å². The second-order valence-corrected chi connectivity index (χ2v) is 5.26. The highest BCUT2D eigenvalue weighted by atomic mass is 15.2. The van der Waals surface area contributed by atoms with Gasteiger partial charge in [-0.05, 0) is 31.9 Å². The molecule has 20 heavy (non-hydrogen) atoms. The Morgan fingerprint density at radius 3 is 2.55 bits per heavy atom. The van der Waals surface area contributed by atoms with Crippen LogP contribution in [0.3, 0.4) is 0 Å². The van der Waals surface area contributed by atoms with E-state index in [-0.39, 0.29) is 0 Å². The van der Waals surface area contributed by atoms with Gasteiger partial charge in [0, 0.05) is 25.7 Å². The topological polar surface area (TPSA) is 55.0 Å². The van der Waals surface area contributed by atoms with Crippen molar-refractivity contribution in [3.63, 3.8) is 0 Å². The van der Waals surface area contributed by atoms with Crippen molar-refractivity contribution < 1.29 is 0 Å². The SMILES string of the molecule is Cc1cccc(CN(C)c2nnc(C)c(C)c2CN)c1. The summed E-state index contributed by atoms with van der Waals surface area (Å²) in [5.74, 6) is 0.872. The predicted octanol–water partition coefficient (Wildman–Crippen LogP) is 2.50. The Labute approximate surface area is 120 Å². The summed E-state index contributed by atoms with van der Waals surface area (Å²) in [7, 11) is 2.03. The first kappa shape index (κ1) is 14.5. The lowest BCUT2D eigenvalue weighted by atomic mass is 10.1. The Bertz CT molecular complexity index is 607. The third kappa shape index (κ3) is 2.96. The van der Waals surface area contributed by atoms with Crippen molar-refractivity contribution in [2.24, 2.45) is 5.73 Å². The molecule has 0 aliphatic carbocycles. The first-order valence-corrected chi connectivity index (χ1v) is 6.82. The van der Waals surface area contributed by atoms with E-state index in [9.17, 15) is 0 Å². The molecule has 0 spiro atoms. The van der Waals surface area contributed by atoms with E-state index in [4.69, 9.17) is 5.73 Å². The first-order chi connectivity index (χ1) is 9.52. The molecule has 1 aromatic heterocycles. The number of aromatic nitrogens is 2. The summed E-state index contributed by atoms with van der Waals surface area (Å²) in [5.41, 5.74) is 11.6. The van der Waals surface area contributed by atoms with Crippen LogP contribution in [0.5, 0.6) is 0 Å². The van der Waals surface area contributed by atoms with Crippen LogP contribution in [0.15, 0.2) is 24.3 Å². The zero-order valence-electron chi connectivity index (χ0n) is 12.6. The van der Waals surface area contributed by atoms with E-state index in [0.717, 1.165) is 29.2 Å². The quantitative estimate of drug-likeness (QED) is 0.927. The van der Waals surface area contributed by atoms with Crippen molar-refractivity contribution in [3.8, 4) is 0 Å².